The number of nitrogens with zero attached hydrogens (tertiary/aromatic N) is 1. The van der Waals surface area contributed by atoms with Gasteiger partial charge in [0, 0.05) is 24.0 Å². The van der Waals surface area contributed by atoms with E-state index in [-0.39, 0.29) is 29.7 Å². The molecule has 1 aliphatic carbocycles. The minimum Gasteiger partial charge on any atom is -0.492 e. The number of halogens is 1. The predicted octanol–water partition coefficient (Wildman–Crippen LogP) is 2.02. The number of hydrogen-bond donors (Lipinski definition) is 1. The highest BCUT2D eigenvalue weighted by atomic mass is 35.5. The molecule has 6 heteroatoms. The molecule has 0 radical (unpaired) electrons. The number of nitrogens with one attached hydrogen (secondary N) is 1. The van der Waals surface area contributed by atoms with E-state index in [4.69, 9.17) is 16.3 Å². The molecule has 1 atom stereocenters. The Balaban J connectivity index is 1.29. The van der Waals surface area contributed by atoms with E-state index < -0.39 is 0 Å². The Bertz CT molecular complexity index is 668. The van der Waals surface area contributed by atoms with Gasteiger partial charge in [0.2, 0.25) is 11.8 Å². The summed E-state index contributed by atoms with van der Waals surface area (Å²) in [6, 6.07) is 5.63. The van der Waals surface area contributed by atoms with Crippen molar-refractivity contribution < 1.29 is 14.3 Å². The van der Waals surface area contributed by atoms with Crippen molar-refractivity contribution in [2.24, 2.45) is 11.8 Å². The third-order valence-electron chi connectivity index (χ3n) is 5.29. The van der Waals surface area contributed by atoms with Crippen LogP contribution in [0.25, 0.3) is 0 Å². The van der Waals surface area contributed by atoms with Gasteiger partial charge in [-0.1, -0.05) is 18.0 Å². The molecule has 5 nitrogen and oxygen atoms in total. The van der Waals surface area contributed by atoms with Crippen LogP contribution in [0.15, 0.2) is 18.2 Å². The molecule has 2 aliphatic heterocycles. The fourth-order valence-corrected chi connectivity index (χ4v) is 3.71. The summed E-state index contributed by atoms with van der Waals surface area (Å²) in [5.41, 5.74) is 0.988. The third-order valence-corrected chi connectivity index (χ3v) is 5.53. The van der Waals surface area contributed by atoms with Gasteiger partial charge in [-0.3, -0.25) is 9.59 Å². The molecule has 4 rings (SSSR count). The standard InChI is InChI=1S/C18H21ClN2O3/c19-14-4-5-16-12(7-14)6-13(10-24-16)18(23)21-8-15(9-21)20-17(22)11-2-1-3-11/h4-5,7,11,13,15H,1-3,6,8-10H2,(H,20,22). The molecule has 1 saturated carbocycles. The first-order chi connectivity index (χ1) is 11.6. The normalized spacial score (nSPS) is 23.5. The van der Waals surface area contributed by atoms with Gasteiger partial charge in [-0.2, -0.15) is 0 Å². The quantitative estimate of drug-likeness (QED) is 0.909. The Labute approximate surface area is 146 Å². The zero-order chi connectivity index (χ0) is 16.7. The molecule has 1 N–H and O–H groups in total. The van der Waals surface area contributed by atoms with Crippen LogP contribution in [0.4, 0.5) is 0 Å². The third kappa shape index (κ3) is 2.97. The van der Waals surface area contributed by atoms with Crippen LogP contribution in [0.1, 0.15) is 24.8 Å². The zero-order valence-electron chi connectivity index (χ0n) is 13.5. The lowest BCUT2D eigenvalue weighted by atomic mass is 9.84. The Morgan fingerprint density at radius 1 is 1.21 bits per heavy atom. The van der Waals surface area contributed by atoms with E-state index in [2.05, 4.69) is 5.32 Å². The number of ether oxygens (including phenoxy) is 1. The minimum absolute atomic E-state index is 0.105. The van der Waals surface area contributed by atoms with E-state index in [1.807, 2.05) is 17.0 Å². The summed E-state index contributed by atoms with van der Waals surface area (Å²) in [6.45, 7) is 1.62. The molecule has 24 heavy (non-hydrogen) atoms. The largest absolute Gasteiger partial charge is 0.492 e. The van der Waals surface area contributed by atoms with Crippen LogP contribution in [0, 0.1) is 11.8 Å². The fourth-order valence-electron chi connectivity index (χ4n) is 3.52. The molecule has 1 unspecified atom stereocenters. The second-order valence-electron chi connectivity index (χ2n) is 7.04. The van der Waals surface area contributed by atoms with Crippen LogP contribution in [-0.2, 0) is 16.0 Å². The highest BCUT2D eigenvalue weighted by molar-refractivity contribution is 6.30. The van der Waals surface area contributed by atoms with Crippen molar-refractivity contribution in [3.05, 3.63) is 28.8 Å². The number of likely N-dealkylation sites (tertiary alicyclic amines) is 1. The molecule has 0 aromatic heterocycles. The second-order valence-corrected chi connectivity index (χ2v) is 7.48. The van der Waals surface area contributed by atoms with Gasteiger partial charge in [-0.25, -0.2) is 0 Å². The summed E-state index contributed by atoms with van der Waals surface area (Å²) in [6.07, 6.45) is 3.82. The monoisotopic (exact) mass is 348 g/mol. The summed E-state index contributed by atoms with van der Waals surface area (Å²) < 4.78 is 5.70. The van der Waals surface area contributed by atoms with E-state index in [9.17, 15) is 9.59 Å². The molecule has 128 valence electrons. The lowest BCUT2D eigenvalue weighted by Crippen LogP contribution is -2.63. The molecular weight excluding hydrogens is 328 g/mol. The van der Waals surface area contributed by atoms with Crippen LogP contribution in [0.3, 0.4) is 0 Å². The average Bonchev–Trinajstić information content (AvgIpc) is 2.47. The van der Waals surface area contributed by atoms with Crippen molar-refractivity contribution >= 4 is 23.4 Å². The van der Waals surface area contributed by atoms with Crippen LogP contribution >= 0.6 is 11.6 Å². The van der Waals surface area contributed by atoms with Crippen molar-refractivity contribution in [3.63, 3.8) is 0 Å². The first kappa shape index (κ1) is 15.8. The number of fused-ring (bicyclic) bond motifs is 1. The van der Waals surface area contributed by atoms with Crippen LogP contribution < -0.4 is 10.1 Å². The smallest absolute Gasteiger partial charge is 0.229 e. The SMILES string of the molecule is O=C(NC1CN(C(=O)C2COc3ccc(Cl)cc3C2)C1)C1CCC1. The van der Waals surface area contributed by atoms with Crippen molar-refractivity contribution in [3.8, 4) is 5.75 Å². The number of benzene rings is 1. The summed E-state index contributed by atoms with van der Waals surface area (Å²) in [5.74, 6) is 1.11. The van der Waals surface area contributed by atoms with E-state index in [0.29, 0.717) is 31.1 Å². The molecular formula is C18H21ClN2O3. The number of carbonyl (C=O) groups excluding carboxylic acids is 2. The van der Waals surface area contributed by atoms with E-state index >= 15 is 0 Å². The molecule has 0 bridgehead atoms. The Morgan fingerprint density at radius 2 is 2.00 bits per heavy atom. The molecule has 2 fully saturated rings. The van der Waals surface area contributed by atoms with Crippen LogP contribution in [-0.4, -0.2) is 42.5 Å². The fraction of sp³-hybridized carbons (Fsp3) is 0.556. The van der Waals surface area contributed by atoms with Gasteiger partial charge in [0.05, 0.1) is 12.0 Å². The molecule has 1 saturated heterocycles. The molecule has 3 aliphatic rings. The lowest BCUT2D eigenvalue weighted by molar-refractivity contribution is -0.144. The maximum atomic E-state index is 12.6. The lowest BCUT2D eigenvalue weighted by Gasteiger charge is -2.42. The molecule has 2 amide bonds. The summed E-state index contributed by atoms with van der Waals surface area (Å²) in [5, 5.41) is 3.71. The molecule has 0 spiro atoms. The van der Waals surface area contributed by atoms with E-state index in [1.54, 1.807) is 6.07 Å². The topological polar surface area (TPSA) is 58.6 Å². The second kappa shape index (κ2) is 6.28. The van der Waals surface area contributed by atoms with Gasteiger partial charge in [0.25, 0.3) is 0 Å². The van der Waals surface area contributed by atoms with E-state index in [1.165, 1.54) is 0 Å². The first-order valence-corrected chi connectivity index (χ1v) is 8.98. The number of amides is 2. The summed E-state index contributed by atoms with van der Waals surface area (Å²) >= 11 is 6.02. The highest BCUT2D eigenvalue weighted by Gasteiger charge is 2.38. The molecule has 1 aromatic rings. The summed E-state index contributed by atoms with van der Waals surface area (Å²) in [4.78, 5) is 26.4. The maximum Gasteiger partial charge on any atom is 0.229 e. The van der Waals surface area contributed by atoms with Gasteiger partial charge in [0.1, 0.15) is 12.4 Å². The first-order valence-electron chi connectivity index (χ1n) is 8.60. The summed E-state index contributed by atoms with van der Waals surface area (Å²) in [7, 11) is 0. The van der Waals surface area contributed by atoms with Gasteiger partial charge in [-0.15, -0.1) is 0 Å². The number of carbonyl (C=O) groups is 2. The van der Waals surface area contributed by atoms with Crippen molar-refractivity contribution in [2.45, 2.75) is 31.7 Å². The van der Waals surface area contributed by atoms with Crippen molar-refractivity contribution in [2.75, 3.05) is 19.7 Å². The van der Waals surface area contributed by atoms with E-state index in [0.717, 1.165) is 30.6 Å². The predicted molar refractivity (Wildman–Crippen MR) is 90.0 cm³/mol. The molecule has 1 aromatic carbocycles. The minimum atomic E-state index is -0.167. The van der Waals surface area contributed by atoms with Crippen LogP contribution in [0.5, 0.6) is 5.75 Å². The maximum absolute atomic E-state index is 12.6. The van der Waals surface area contributed by atoms with Gasteiger partial charge in [0.15, 0.2) is 0 Å². The highest BCUT2D eigenvalue weighted by Crippen LogP contribution is 2.31. The van der Waals surface area contributed by atoms with Gasteiger partial charge in [-0.05, 0) is 43.0 Å². The zero-order valence-corrected chi connectivity index (χ0v) is 14.2. The van der Waals surface area contributed by atoms with Crippen LogP contribution in [0.2, 0.25) is 5.02 Å². The Hall–Kier alpha value is -1.75. The van der Waals surface area contributed by atoms with Crippen molar-refractivity contribution in [1.29, 1.82) is 0 Å². The average molecular weight is 349 g/mol. The Morgan fingerprint density at radius 3 is 2.71 bits per heavy atom. The Kier molecular flexibility index (Phi) is 4.12. The van der Waals surface area contributed by atoms with Gasteiger partial charge < -0.3 is 15.0 Å². The van der Waals surface area contributed by atoms with Crippen molar-refractivity contribution in [1.82, 2.24) is 10.2 Å². The number of hydrogen-bond acceptors (Lipinski definition) is 3. The number of rotatable bonds is 3. The van der Waals surface area contributed by atoms with Gasteiger partial charge >= 0.3 is 0 Å². The molecule has 2 heterocycles.